The van der Waals surface area contributed by atoms with Gasteiger partial charge in [0.25, 0.3) is 6.43 Å². The molecule has 3 heterocycles. The van der Waals surface area contributed by atoms with Gasteiger partial charge in [0.1, 0.15) is 11.6 Å². The Labute approximate surface area is 209 Å². The van der Waals surface area contributed by atoms with Crippen LogP contribution in [0.15, 0.2) is 36.7 Å². The van der Waals surface area contributed by atoms with Crippen molar-refractivity contribution in [3.8, 4) is 11.8 Å². The van der Waals surface area contributed by atoms with Crippen LogP contribution in [0.3, 0.4) is 0 Å². The molecule has 1 aliphatic rings. The zero-order valence-electron chi connectivity index (χ0n) is 19.2. The first-order chi connectivity index (χ1) is 17.1. The Balaban J connectivity index is 1.56. The molecule has 0 spiro atoms. The Hall–Kier alpha value is -3.87. The van der Waals surface area contributed by atoms with Crippen LogP contribution in [0.2, 0.25) is 0 Å². The fourth-order valence-electron chi connectivity index (χ4n) is 3.80. The van der Waals surface area contributed by atoms with Gasteiger partial charge < -0.3 is 15.2 Å². The predicted molar refractivity (Wildman–Crippen MR) is 136 cm³/mol. The number of benzene rings is 1. The molecule has 3 aromatic heterocycles. The lowest BCUT2D eigenvalue weighted by atomic mass is 9.49. The number of nitrogens with zero attached hydrogens (tertiary/aromatic N) is 4. The molecule has 1 aliphatic carbocycles. The summed E-state index contributed by atoms with van der Waals surface area (Å²) in [6.07, 6.45) is 2.09. The quantitative estimate of drug-likeness (QED) is 0.342. The van der Waals surface area contributed by atoms with Gasteiger partial charge in [-0.15, -0.1) is 0 Å². The molecule has 1 fully saturated rings. The number of aromatic nitrogens is 4. The molecule has 2 N–H and O–H groups in total. The van der Waals surface area contributed by atoms with Gasteiger partial charge in [-0.2, -0.15) is 0 Å². The van der Waals surface area contributed by atoms with E-state index in [-0.39, 0.29) is 17.6 Å². The molecule has 6 radical (unpaired) electrons. The average molecular weight is 476 g/mol. The molecule has 0 aliphatic heterocycles. The molecular formula is C24H17B3F2N6O. The van der Waals surface area contributed by atoms with Gasteiger partial charge >= 0.3 is 0 Å². The summed E-state index contributed by atoms with van der Waals surface area (Å²) >= 11 is 0. The van der Waals surface area contributed by atoms with Gasteiger partial charge in [0.05, 0.1) is 40.1 Å². The van der Waals surface area contributed by atoms with Crippen LogP contribution in [0.25, 0.3) is 21.8 Å². The normalized spacial score (nSPS) is 13.6. The van der Waals surface area contributed by atoms with Crippen LogP contribution in [0.1, 0.15) is 36.2 Å². The first-order valence-electron chi connectivity index (χ1n) is 11.1. The lowest BCUT2D eigenvalue weighted by Gasteiger charge is -2.24. The number of fused-ring (bicyclic) bond motifs is 2. The summed E-state index contributed by atoms with van der Waals surface area (Å²) in [6, 6.07) is 6.74. The lowest BCUT2D eigenvalue weighted by molar-refractivity contribution is -0.117. The molecule has 172 valence electrons. The van der Waals surface area contributed by atoms with E-state index < -0.39 is 11.7 Å². The fraction of sp³-hybridized carbons (Fsp3) is 0.250. The lowest BCUT2D eigenvalue weighted by Crippen LogP contribution is -2.40. The van der Waals surface area contributed by atoms with Crippen molar-refractivity contribution >= 4 is 62.9 Å². The number of pyridine rings is 2. The zero-order chi connectivity index (χ0) is 25.6. The standard InChI is InChI=1S/C24H17B3F2N6O/c1-35-18-8-12(3-7-17(18)32-22(35)20(28)29)2-4-14-10-31-21(34-24(25,26)27)16-11-30-19(9-15(14)16)33-23(36)13-5-6-13/h3,7-11,13,20H,5-6H2,1H3,(H,31,34)(H,30,33,36). The number of anilines is 2. The van der Waals surface area contributed by atoms with Crippen molar-refractivity contribution in [1.82, 2.24) is 19.5 Å². The number of imidazole rings is 1. The molecule has 0 bridgehead atoms. The third-order valence-electron chi connectivity index (χ3n) is 5.76. The highest BCUT2D eigenvalue weighted by atomic mass is 19.3. The maximum Gasteiger partial charge on any atom is 0.295 e. The van der Waals surface area contributed by atoms with Crippen LogP contribution in [0.4, 0.5) is 20.4 Å². The van der Waals surface area contributed by atoms with Crippen molar-refractivity contribution in [3.63, 3.8) is 0 Å². The maximum atomic E-state index is 13.2. The van der Waals surface area contributed by atoms with Crippen LogP contribution < -0.4 is 10.6 Å². The highest BCUT2D eigenvalue weighted by Crippen LogP contribution is 2.31. The van der Waals surface area contributed by atoms with Gasteiger partial charge in [-0.25, -0.2) is 23.7 Å². The molecule has 12 heteroatoms. The van der Waals surface area contributed by atoms with Crippen molar-refractivity contribution in [1.29, 1.82) is 0 Å². The largest absolute Gasteiger partial charge is 0.389 e. The minimum Gasteiger partial charge on any atom is -0.389 e. The van der Waals surface area contributed by atoms with E-state index in [1.807, 2.05) is 0 Å². The summed E-state index contributed by atoms with van der Waals surface area (Å²) in [5.41, 5.74) is 2.13. The Bertz CT molecular complexity index is 1570. The van der Waals surface area contributed by atoms with Gasteiger partial charge in [0.2, 0.25) is 5.91 Å². The van der Waals surface area contributed by atoms with Gasteiger partial charge in [-0.1, -0.05) is 17.1 Å². The molecule has 5 rings (SSSR count). The SMILES string of the molecule is [B]C([B])([B])Nc1ncc(C#Cc2ccc3nc(C(F)F)n(C)c3c2)c2cc(NC(=O)C3CC3)ncc12. The number of hydrogen-bond donors (Lipinski definition) is 2. The number of amides is 1. The zero-order valence-corrected chi connectivity index (χ0v) is 19.2. The van der Waals surface area contributed by atoms with Crippen LogP contribution in [0.5, 0.6) is 0 Å². The molecule has 7 nitrogen and oxygen atoms in total. The van der Waals surface area contributed by atoms with E-state index in [0.29, 0.717) is 44.6 Å². The topological polar surface area (TPSA) is 84.7 Å². The second-order valence-corrected chi connectivity index (χ2v) is 8.74. The van der Waals surface area contributed by atoms with E-state index >= 15 is 0 Å². The summed E-state index contributed by atoms with van der Waals surface area (Å²) < 4.78 is 27.8. The smallest absolute Gasteiger partial charge is 0.295 e. The first-order valence-corrected chi connectivity index (χ1v) is 11.1. The molecular weight excluding hydrogens is 459 g/mol. The Morgan fingerprint density at radius 2 is 1.92 bits per heavy atom. The van der Waals surface area contributed by atoms with E-state index in [2.05, 4.69) is 37.4 Å². The number of nitrogens with one attached hydrogen (secondary N) is 2. The highest BCUT2D eigenvalue weighted by molar-refractivity contribution is 6.60. The van der Waals surface area contributed by atoms with Gasteiger partial charge in [-0.05, 0) is 37.1 Å². The molecule has 1 aromatic carbocycles. The van der Waals surface area contributed by atoms with E-state index in [4.69, 9.17) is 23.5 Å². The maximum absolute atomic E-state index is 13.2. The average Bonchev–Trinajstić information content (AvgIpc) is 3.62. The Morgan fingerprint density at radius 3 is 2.61 bits per heavy atom. The van der Waals surface area contributed by atoms with Crippen molar-refractivity contribution in [3.05, 3.63) is 53.6 Å². The summed E-state index contributed by atoms with van der Waals surface area (Å²) in [7, 11) is 18.6. The van der Waals surface area contributed by atoms with Gasteiger partial charge in [0, 0.05) is 41.7 Å². The summed E-state index contributed by atoms with van der Waals surface area (Å²) in [5, 5.41) is 5.00. The summed E-state index contributed by atoms with van der Waals surface area (Å²) in [5.74, 6) is 6.40. The number of carbonyl (C=O) groups is 1. The molecule has 0 unspecified atom stereocenters. The summed E-state index contributed by atoms with van der Waals surface area (Å²) in [6.45, 7) is 0. The number of hydrogen-bond acceptors (Lipinski definition) is 5. The third kappa shape index (κ3) is 4.92. The third-order valence-corrected chi connectivity index (χ3v) is 5.76. The van der Waals surface area contributed by atoms with Crippen molar-refractivity contribution in [2.75, 3.05) is 10.6 Å². The fourth-order valence-corrected chi connectivity index (χ4v) is 3.80. The summed E-state index contributed by atoms with van der Waals surface area (Å²) in [4.78, 5) is 24.9. The molecule has 4 aromatic rings. The van der Waals surface area contributed by atoms with E-state index in [1.165, 1.54) is 24.0 Å². The molecule has 0 saturated heterocycles. The Morgan fingerprint density at radius 1 is 1.14 bits per heavy atom. The second kappa shape index (κ2) is 8.97. The van der Waals surface area contributed by atoms with Crippen LogP contribution in [0, 0.1) is 17.8 Å². The first kappa shape index (κ1) is 23.9. The van der Waals surface area contributed by atoms with Crippen LogP contribution in [-0.4, -0.2) is 54.2 Å². The van der Waals surface area contributed by atoms with Gasteiger partial charge in [0.15, 0.2) is 5.82 Å². The number of rotatable bonds is 5. The van der Waals surface area contributed by atoms with E-state index in [1.54, 1.807) is 24.3 Å². The van der Waals surface area contributed by atoms with E-state index in [0.717, 1.165) is 12.8 Å². The van der Waals surface area contributed by atoms with Crippen molar-refractivity contribution in [2.45, 2.75) is 24.5 Å². The molecule has 36 heavy (non-hydrogen) atoms. The molecule has 1 amide bonds. The Kier molecular flexibility index (Phi) is 5.95. The second-order valence-electron chi connectivity index (χ2n) is 8.74. The molecule has 1 saturated carbocycles. The van der Waals surface area contributed by atoms with E-state index in [9.17, 15) is 13.6 Å². The minimum atomic E-state index is -2.68. The van der Waals surface area contributed by atoms with Gasteiger partial charge in [-0.3, -0.25) is 4.79 Å². The molecule has 0 atom stereocenters. The van der Waals surface area contributed by atoms with Crippen molar-refractivity contribution in [2.24, 2.45) is 13.0 Å². The predicted octanol–water partition coefficient (Wildman–Crippen LogP) is 2.73. The monoisotopic (exact) mass is 476 g/mol. The number of halogens is 2. The number of alkyl halides is 2. The number of carbonyl (C=O) groups excluding carboxylic acids is 1. The van der Waals surface area contributed by atoms with Crippen molar-refractivity contribution < 1.29 is 13.6 Å². The van der Waals surface area contributed by atoms with Crippen LogP contribution in [-0.2, 0) is 11.8 Å². The van der Waals surface area contributed by atoms with Crippen LogP contribution >= 0.6 is 0 Å². The highest BCUT2D eigenvalue weighted by Gasteiger charge is 2.30. The minimum absolute atomic E-state index is 0.0104. The number of aryl methyl sites for hydroxylation is 1.